The Morgan fingerprint density at radius 1 is 1.25 bits per heavy atom. The predicted octanol–water partition coefficient (Wildman–Crippen LogP) is 2.49. The fourth-order valence-electron chi connectivity index (χ4n) is 3.07. The van der Waals surface area contributed by atoms with Crippen molar-refractivity contribution in [2.75, 3.05) is 0 Å². The number of carbonyl (C=O) groups excluding carboxylic acids is 2. The van der Waals surface area contributed by atoms with Gasteiger partial charge in [0.15, 0.2) is 0 Å². The van der Waals surface area contributed by atoms with Gasteiger partial charge in [0.2, 0.25) is 11.8 Å². The van der Waals surface area contributed by atoms with Crippen LogP contribution in [0.5, 0.6) is 0 Å². The van der Waals surface area contributed by atoms with Gasteiger partial charge in [0.1, 0.15) is 0 Å². The van der Waals surface area contributed by atoms with Crippen molar-refractivity contribution in [1.82, 2.24) is 4.90 Å². The van der Waals surface area contributed by atoms with Crippen molar-refractivity contribution >= 4 is 11.8 Å². The molecule has 0 radical (unpaired) electrons. The third-order valence-electron chi connectivity index (χ3n) is 4.27. The van der Waals surface area contributed by atoms with Gasteiger partial charge in [-0.25, -0.2) is 0 Å². The van der Waals surface area contributed by atoms with Gasteiger partial charge in [0, 0.05) is 12.5 Å². The topological polar surface area (TPSA) is 37.4 Å². The summed E-state index contributed by atoms with van der Waals surface area (Å²) in [5.41, 5.74) is -0.307. The first-order chi connectivity index (χ1) is 7.60. The second-order valence-corrected chi connectivity index (χ2v) is 5.34. The number of nitrogens with zero attached hydrogens (tertiary/aromatic N) is 1. The van der Waals surface area contributed by atoms with Crippen molar-refractivity contribution in [2.45, 2.75) is 64.8 Å². The first-order valence-electron chi connectivity index (χ1n) is 6.47. The highest BCUT2D eigenvalue weighted by atomic mass is 16.2. The van der Waals surface area contributed by atoms with Crippen LogP contribution in [-0.2, 0) is 9.59 Å². The third kappa shape index (κ3) is 1.66. The van der Waals surface area contributed by atoms with E-state index in [1.807, 2.05) is 13.8 Å². The molecule has 1 aliphatic carbocycles. The maximum atomic E-state index is 12.4. The van der Waals surface area contributed by atoms with E-state index < -0.39 is 0 Å². The predicted molar refractivity (Wildman–Crippen MR) is 61.7 cm³/mol. The van der Waals surface area contributed by atoms with E-state index in [1.54, 1.807) is 0 Å². The number of likely N-dealkylation sites (tertiary alicyclic amines) is 1. The monoisotopic (exact) mass is 223 g/mol. The average molecular weight is 223 g/mol. The fourth-order valence-corrected chi connectivity index (χ4v) is 3.07. The third-order valence-corrected chi connectivity index (χ3v) is 4.27. The number of rotatable bonds is 2. The number of imide groups is 1. The lowest BCUT2D eigenvalue weighted by atomic mass is 9.73. The molecule has 0 bridgehead atoms. The Morgan fingerprint density at radius 3 is 2.44 bits per heavy atom. The summed E-state index contributed by atoms with van der Waals surface area (Å²) in [4.78, 5) is 25.9. The Kier molecular flexibility index (Phi) is 3.04. The van der Waals surface area contributed by atoms with Gasteiger partial charge >= 0.3 is 0 Å². The zero-order chi connectivity index (χ0) is 11.8. The molecule has 1 saturated heterocycles. The maximum absolute atomic E-state index is 12.4. The number of hydrogen-bond donors (Lipinski definition) is 0. The number of carbonyl (C=O) groups is 2. The molecule has 2 aliphatic rings. The Labute approximate surface area is 97.2 Å². The van der Waals surface area contributed by atoms with Gasteiger partial charge in [-0.3, -0.25) is 14.5 Å². The van der Waals surface area contributed by atoms with Crippen LogP contribution in [-0.4, -0.2) is 22.8 Å². The summed E-state index contributed by atoms with van der Waals surface area (Å²) in [7, 11) is 0. The van der Waals surface area contributed by atoms with Crippen LogP contribution in [0, 0.1) is 5.41 Å². The molecule has 1 heterocycles. The normalized spacial score (nSPS) is 26.5. The summed E-state index contributed by atoms with van der Waals surface area (Å²) in [6, 6.07) is 0.0706. The molecule has 1 aliphatic heterocycles. The molecule has 0 aromatic rings. The summed E-state index contributed by atoms with van der Waals surface area (Å²) in [5, 5.41) is 0. The molecule has 1 unspecified atom stereocenters. The van der Waals surface area contributed by atoms with E-state index in [1.165, 1.54) is 11.3 Å². The first-order valence-corrected chi connectivity index (χ1v) is 6.47. The van der Waals surface area contributed by atoms with Crippen molar-refractivity contribution in [3.05, 3.63) is 0 Å². The molecular formula is C13H21NO2. The minimum absolute atomic E-state index is 0.0567. The molecule has 2 amide bonds. The van der Waals surface area contributed by atoms with Crippen molar-refractivity contribution in [2.24, 2.45) is 5.41 Å². The van der Waals surface area contributed by atoms with Gasteiger partial charge in [-0.15, -0.1) is 0 Å². The molecule has 90 valence electrons. The molecule has 0 aromatic heterocycles. The molecule has 1 atom stereocenters. The van der Waals surface area contributed by atoms with Crippen LogP contribution in [0.4, 0.5) is 0 Å². The van der Waals surface area contributed by atoms with Crippen molar-refractivity contribution in [3.63, 3.8) is 0 Å². The molecule has 0 aromatic carbocycles. The average Bonchev–Trinajstić information content (AvgIpc) is 2.51. The standard InChI is InChI=1S/C13H21NO2/c1-3-10(2)14-11(15)9-13(12(14)16)7-5-4-6-8-13/h10H,3-9H2,1-2H3. The molecule has 1 saturated carbocycles. The van der Waals surface area contributed by atoms with Crippen LogP contribution < -0.4 is 0 Å². The largest absolute Gasteiger partial charge is 0.279 e. The van der Waals surface area contributed by atoms with Gasteiger partial charge in [-0.05, 0) is 26.2 Å². The van der Waals surface area contributed by atoms with Gasteiger partial charge in [0.25, 0.3) is 0 Å². The second-order valence-electron chi connectivity index (χ2n) is 5.34. The van der Waals surface area contributed by atoms with Gasteiger partial charge in [-0.1, -0.05) is 26.2 Å². The summed E-state index contributed by atoms with van der Waals surface area (Å²) in [6.45, 7) is 3.99. The molecule has 0 N–H and O–H groups in total. The zero-order valence-corrected chi connectivity index (χ0v) is 10.3. The quantitative estimate of drug-likeness (QED) is 0.674. The van der Waals surface area contributed by atoms with Crippen LogP contribution >= 0.6 is 0 Å². The second kappa shape index (κ2) is 4.19. The smallest absolute Gasteiger partial charge is 0.236 e. The highest BCUT2D eigenvalue weighted by Gasteiger charge is 2.52. The SMILES string of the molecule is CCC(C)N1C(=O)CC2(CCCCC2)C1=O. The Hall–Kier alpha value is -0.860. The molecule has 3 nitrogen and oxygen atoms in total. The van der Waals surface area contributed by atoms with Crippen LogP contribution in [0.15, 0.2) is 0 Å². The van der Waals surface area contributed by atoms with E-state index in [9.17, 15) is 9.59 Å². The highest BCUT2D eigenvalue weighted by Crippen LogP contribution is 2.45. The van der Waals surface area contributed by atoms with Gasteiger partial charge in [-0.2, -0.15) is 0 Å². The van der Waals surface area contributed by atoms with Crippen molar-refractivity contribution in [1.29, 1.82) is 0 Å². The number of amides is 2. The summed E-state index contributed by atoms with van der Waals surface area (Å²) >= 11 is 0. The van der Waals surface area contributed by atoms with Crippen LogP contribution in [0.3, 0.4) is 0 Å². The lowest BCUT2D eigenvalue weighted by molar-refractivity contribution is -0.144. The van der Waals surface area contributed by atoms with E-state index in [2.05, 4.69) is 0 Å². The van der Waals surface area contributed by atoms with Gasteiger partial charge in [0.05, 0.1) is 5.41 Å². The van der Waals surface area contributed by atoms with E-state index in [-0.39, 0.29) is 23.3 Å². The summed E-state index contributed by atoms with van der Waals surface area (Å²) in [5.74, 6) is 0.174. The summed E-state index contributed by atoms with van der Waals surface area (Å²) < 4.78 is 0. The van der Waals surface area contributed by atoms with E-state index in [0.717, 1.165) is 32.1 Å². The van der Waals surface area contributed by atoms with Crippen LogP contribution in [0.1, 0.15) is 58.8 Å². The Morgan fingerprint density at radius 2 is 1.88 bits per heavy atom. The van der Waals surface area contributed by atoms with Crippen LogP contribution in [0.2, 0.25) is 0 Å². The van der Waals surface area contributed by atoms with E-state index in [0.29, 0.717) is 6.42 Å². The Bertz CT molecular complexity index is 305. The fraction of sp³-hybridized carbons (Fsp3) is 0.846. The molecule has 1 spiro atoms. The Balaban J connectivity index is 2.20. The van der Waals surface area contributed by atoms with Gasteiger partial charge < -0.3 is 0 Å². The zero-order valence-electron chi connectivity index (χ0n) is 10.3. The number of hydrogen-bond acceptors (Lipinski definition) is 2. The van der Waals surface area contributed by atoms with E-state index in [4.69, 9.17) is 0 Å². The van der Waals surface area contributed by atoms with E-state index >= 15 is 0 Å². The lowest BCUT2D eigenvalue weighted by Crippen LogP contribution is -2.41. The molecule has 2 fully saturated rings. The minimum Gasteiger partial charge on any atom is -0.279 e. The molecule has 16 heavy (non-hydrogen) atoms. The molecule has 2 rings (SSSR count). The molecule has 3 heteroatoms. The van der Waals surface area contributed by atoms with Crippen LogP contribution in [0.25, 0.3) is 0 Å². The highest BCUT2D eigenvalue weighted by molar-refractivity contribution is 6.06. The first kappa shape index (κ1) is 11.6. The van der Waals surface area contributed by atoms with Crippen molar-refractivity contribution < 1.29 is 9.59 Å². The summed E-state index contributed by atoms with van der Waals surface area (Å²) in [6.07, 6.45) is 6.59. The minimum atomic E-state index is -0.307. The van der Waals surface area contributed by atoms with Crippen molar-refractivity contribution in [3.8, 4) is 0 Å². The lowest BCUT2D eigenvalue weighted by Gasteiger charge is -2.31. The maximum Gasteiger partial charge on any atom is 0.236 e. The molecular weight excluding hydrogens is 202 g/mol.